The largest absolute Gasteiger partial charge is 0.339 e. The molecule has 1 aliphatic rings. The van der Waals surface area contributed by atoms with E-state index in [2.05, 4.69) is 5.32 Å². The van der Waals surface area contributed by atoms with E-state index in [4.69, 9.17) is 0 Å². The molecule has 1 aromatic rings. The lowest BCUT2D eigenvalue weighted by Crippen LogP contribution is -2.22. The molecule has 3 heteroatoms. The quantitative estimate of drug-likeness (QED) is 0.738. The molecule has 1 saturated heterocycles. The third-order valence-electron chi connectivity index (χ3n) is 2.09. The number of amides is 1. The van der Waals surface area contributed by atoms with Gasteiger partial charge in [0.05, 0.1) is 5.25 Å². The van der Waals surface area contributed by atoms with Crippen molar-refractivity contribution >= 4 is 17.7 Å². The Hall–Kier alpha value is -0.960. The summed E-state index contributed by atoms with van der Waals surface area (Å²) in [5, 5.41) is 3.16. The first-order valence-electron chi connectivity index (χ1n) is 4.28. The van der Waals surface area contributed by atoms with Crippen LogP contribution in [0.3, 0.4) is 0 Å². The molecular weight excluding hydrogens is 182 g/mol. The molecule has 0 unspecified atom stereocenters. The van der Waals surface area contributed by atoms with Crippen molar-refractivity contribution in [2.75, 3.05) is 0 Å². The zero-order valence-electron chi connectivity index (χ0n) is 7.36. The van der Waals surface area contributed by atoms with Crippen molar-refractivity contribution in [3.63, 3.8) is 0 Å². The van der Waals surface area contributed by atoms with E-state index < -0.39 is 0 Å². The van der Waals surface area contributed by atoms with Gasteiger partial charge in [-0.2, -0.15) is 0 Å². The average molecular weight is 193 g/mol. The van der Waals surface area contributed by atoms with Crippen molar-refractivity contribution in [3.05, 3.63) is 35.9 Å². The molecular formula is C10H11NOS. The fourth-order valence-corrected chi connectivity index (χ4v) is 2.43. The Labute approximate surface area is 81.7 Å². The van der Waals surface area contributed by atoms with Crippen molar-refractivity contribution in [2.24, 2.45) is 0 Å². The lowest BCUT2D eigenvalue weighted by atomic mass is 10.2. The highest BCUT2D eigenvalue weighted by Gasteiger charge is 2.29. The van der Waals surface area contributed by atoms with Crippen LogP contribution in [0.15, 0.2) is 30.3 Å². The summed E-state index contributed by atoms with van der Waals surface area (Å²) in [6.45, 7) is 1.93. The second-order valence-electron chi connectivity index (χ2n) is 3.08. The van der Waals surface area contributed by atoms with Crippen molar-refractivity contribution in [3.8, 4) is 0 Å². The van der Waals surface area contributed by atoms with E-state index in [1.54, 1.807) is 11.8 Å². The van der Waals surface area contributed by atoms with Crippen LogP contribution in [0.4, 0.5) is 0 Å². The Balaban J connectivity index is 2.17. The summed E-state index contributed by atoms with van der Waals surface area (Å²) in [5.74, 6) is 0.138. The number of benzene rings is 1. The van der Waals surface area contributed by atoms with E-state index in [1.807, 2.05) is 37.3 Å². The van der Waals surface area contributed by atoms with E-state index in [-0.39, 0.29) is 16.5 Å². The molecule has 0 radical (unpaired) electrons. The van der Waals surface area contributed by atoms with Gasteiger partial charge >= 0.3 is 0 Å². The maximum absolute atomic E-state index is 11.2. The molecule has 0 aromatic heterocycles. The summed E-state index contributed by atoms with van der Waals surface area (Å²) in [5.41, 5.74) is 1.17. The fraction of sp³-hybridized carbons (Fsp3) is 0.300. The smallest absolute Gasteiger partial charge is 0.234 e. The summed E-state index contributed by atoms with van der Waals surface area (Å²) in [6, 6.07) is 10.0. The number of hydrogen-bond donors (Lipinski definition) is 1. The lowest BCUT2D eigenvalue weighted by Gasteiger charge is -2.08. The predicted molar refractivity (Wildman–Crippen MR) is 54.4 cm³/mol. The molecule has 0 aliphatic carbocycles. The van der Waals surface area contributed by atoms with Crippen molar-refractivity contribution in [1.82, 2.24) is 5.32 Å². The van der Waals surface area contributed by atoms with Crippen molar-refractivity contribution in [1.29, 1.82) is 0 Å². The van der Waals surface area contributed by atoms with E-state index in [0.717, 1.165) is 0 Å². The number of carbonyl (C=O) groups is 1. The highest BCUT2D eigenvalue weighted by molar-refractivity contribution is 8.01. The Kier molecular flexibility index (Phi) is 2.27. The maximum Gasteiger partial charge on any atom is 0.234 e. The van der Waals surface area contributed by atoms with Gasteiger partial charge < -0.3 is 5.32 Å². The summed E-state index contributed by atoms with van der Waals surface area (Å²) < 4.78 is 0. The number of rotatable bonds is 1. The normalized spacial score (nSPS) is 27.3. The van der Waals surface area contributed by atoms with Crippen LogP contribution in [0.2, 0.25) is 0 Å². The topological polar surface area (TPSA) is 29.1 Å². The lowest BCUT2D eigenvalue weighted by molar-refractivity contribution is -0.119. The van der Waals surface area contributed by atoms with Gasteiger partial charge in [0.2, 0.25) is 5.91 Å². The van der Waals surface area contributed by atoms with E-state index in [1.165, 1.54) is 5.56 Å². The molecule has 1 amide bonds. The second kappa shape index (κ2) is 3.42. The molecule has 1 aromatic carbocycles. The van der Waals surface area contributed by atoms with Crippen LogP contribution >= 0.6 is 11.8 Å². The molecule has 1 N–H and O–H groups in total. The van der Waals surface area contributed by atoms with Crippen LogP contribution in [0.5, 0.6) is 0 Å². The maximum atomic E-state index is 11.2. The highest BCUT2D eigenvalue weighted by Crippen LogP contribution is 2.34. The number of nitrogens with one attached hydrogen (secondary N) is 1. The van der Waals surface area contributed by atoms with Crippen LogP contribution < -0.4 is 5.32 Å². The first-order chi connectivity index (χ1) is 6.27. The summed E-state index contributed by atoms with van der Waals surface area (Å²) in [6.07, 6.45) is 0. The van der Waals surface area contributed by atoms with E-state index in [9.17, 15) is 4.79 Å². The Morgan fingerprint density at radius 3 is 2.54 bits per heavy atom. The second-order valence-corrected chi connectivity index (χ2v) is 4.53. The van der Waals surface area contributed by atoms with Gasteiger partial charge in [0, 0.05) is 0 Å². The van der Waals surface area contributed by atoms with Gasteiger partial charge in [-0.1, -0.05) is 30.3 Å². The fourth-order valence-electron chi connectivity index (χ4n) is 1.34. The Bertz CT molecular complexity index is 312. The first-order valence-corrected chi connectivity index (χ1v) is 5.22. The van der Waals surface area contributed by atoms with Crippen LogP contribution in [-0.2, 0) is 4.79 Å². The molecule has 2 atom stereocenters. The molecule has 1 aliphatic heterocycles. The van der Waals surface area contributed by atoms with Gasteiger partial charge in [0.15, 0.2) is 0 Å². The van der Waals surface area contributed by atoms with Crippen molar-refractivity contribution < 1.29 is 4.79 Å². The standard InChI is InChI=1S/C10H11NOS/c1-7-9(12)11-10(13-7)8-5-3-2-4-6-8/h2-7,10H,1H3,(H,11,12)/t7-,10-/m0/s1. The molecule has 0 saturated carbocycles. The first kappa shape index (κ1) is 8.63. The van der Waals surface area contributed by atoms with Gasteiger partial charge in [-0.3, -0.25) is 4.79 Å². The summed E-state index contributed by atoms with van der Waals surface area (Å²) in [4.78, 5) is 11.2. The van der Waals surface area contributed by atoms with Gasteiger partial charge in [-0.25, -0.2) is 0 Å². The molecule has 2 rings (SSSR count). The number of hydrogen-bond acceptors (Lipinski definition) is 2. The summed E-state index contributed by atoms with van der Waals surface area (Å²) >= 11 is 1.67. The Morgan fingerprint density at radius 2 is 2.00 bits per heavy atom. The Morgan fingerprint density at radius 1 is 1.31 bits per heavy atom. The zero-order valence-corrected chi connectivity index (χ0v) is 8.17. The predicted octanol–water partition coefficient (Wildman–Crippen LogP) is 1.94. The van der Waals surface area contributed by atoms with Crippen LogP contribution in [0.25, 0.3) is 0 Å². The average Bonchev–Trinajstić information content (AvgIpc) is 2.49. The third-order valence-corrected chi connectivity index (χ3v) is 3.37. The minimum Gasteiger partial charge on any atom is -0.339 e. The zero-order chi connectivity index (χ0) is 9.26. The third kappa shape index (κ3) is 1.70. The molecule has 13 heavy (non-hydrogen) atoms. The van der Waals surface area contributed by atoms with Gasteiger partial charge in [0.25, 0.3) is 0 Å². The van der Waals surface area contributed by atoms with Crippen LogP contribution in [-0.4, -0.2) is 11.2 Å². The van der Waals surface area contributed by atoms with Crippen LogP contribution in [0.1, 0.15) is 17.9 Å². The molecule has 1 heterocycles. The van der Waals surface area contributed by atoms with Gasteiger partial charge in [-0.15, -0.1) is 11.8 Å². The van der Waals surface area contributed by atoms with E-state index >= 15 is 0 Å². The minimum absolute atomic E-state index is 0.0743. The number of thioether (sulfide) groups is 1. The van der Waals surface area contributed by atoms with Gasteiger partial charge in [0.1, 0.15) is 5.37 Å². The summed E-state index contributed by atoms with van der Waals surface area (Å²) in [7, 11) is 0. The molecule has 1 fully saturated rings. The minimum atomic E-state index is 0.0743. The number of carbonyl (C=O) groups excluding carboxylic acids is 1. The van der Waals surface area contributed by atoms with Crippen LogP contribution in [0, 0.1) is 0 Å². The van der Waals surface area contributed by atoms with Gasteiger partial charge in [-0.05, 0) is 12.5 Å². The molecule has 0 bridgehead atoms. The highest BCUT2D eigenvalue weighted by atomic mass is 32.2. The van der Waals surface area contributed by atoms with Crippen molar-refractivity contribution in [2.45, 2.75) is 17.5 Å². The molecule has 68 valence electrons. The molecule has 0 spiro atoms. The monoisotopic (exact) mass is 193 g/mol. The SMILES string of the molecule is C[C@@H]1S[C@@H](c2ccccc2)NC1=O. The van der Waals surface area contributed by atoms with E-state index in [0.29, 0.717) is 0 Å². The molecule has 2 nitrogen and oxygen atoms in total.